The van der Waals surface area contributed by atoms with E-state index in [-0.39, 0.29) is 6.54 Å². The Hall–Kier alpha value is -1.84. The van der Waals surface area contributed by atoms with Crippen LogP contribution in [0.3, 0.4) is 0 Å². The Balaban J connectivity index is 2.63. The first kappa shape index (κ1) is 13.6. The predicted molar refractivity (Wildman–Crippen MR) is 72.0 cm³/mol. The summed E-state index contributed by atoms with van der Waals surface area (Å²) < 4.78 is 6.86. The van der Waals surface area contributed by atoms with Crippen LogP contribution in [0.25, 0.3) is 11.0 Å². The van der Waals surface area contributed by atoms with Crippen LogP contribution in [0.5, 0.6) is 5.88 Å². The van der Waals surface area contributed by atoms with Crippen LogP contribution in [-0.2, 0) is 6.54 Å². The lowest BCUT2D eigenvalue weighted by molar-refractivity contribution is 0.342. The van der Waals surface area contributed by atoms with Crippen molar-refractivity contribution in [1.82, 2.24) is 14.8 Å². The Morgan fingerprint density at radius 3 is 2.84 bits per heavy atom. The highest BCUT2D eigenvalue weighted by atomic mass is 35.5. The number of methoxy groups -OCH3 is 1. The molecule has 0 aliphatic rings. The highest BCUT2D eigenvalue weighted by Crippen LogP contribution is 2.29. The van der Waals surface area contributed by atoms with Crippen molar-refractivity contribution >= 4 is 22.6 Å². The molecular weight excluding hydrogens is 266 g/mol. The number of fused-ring (bicyclic) bond motifs is 1. The highest BCUT2D eigenvalue weighted by molar-refractivity contribution is 6.32. The Kier molecular flexibility index (Phi) is 3.35. The number of nitrogens with zero attached hydrogens (tertiary/aromatic N) is 4. The van der Waals surface area contributed by atoms with E-state index < -0.39 is 5.54 Å². The van der Waals surface area contributed by atoms with Crippen LogP contribution in [0.2, 0.25) is 5.02 Å². The first-order chi connectivity index (χ1) is 8.89. The van der Waals surface area contributed by atoms with Gasteiger partial charge in [-0.15, -0.1) is 0 Å². The van der Waals surface area contributed by atoms with Crippen molar-refractivity contribution in [2.24, 2.45) is 5.73 Å². The van der Waals surface area contributed by atoms with Gasteiger partial charge in [-0.05, 0) is 19.4 Å². The van der Waals surface area contributed by atoms with Gasteiger partial charge in [0.15, 0.2) is 5.52 Å². The Bertz CT molecular complexity index is 671. The SMILES string of the molecule is COc1c2ncc(Cl)c(C)c2nn1CC(C)(N)C#N. The second-order valence-corrected chi connectivity index (χ2v) is 5.03. The average molecular weight is 280 g/mol. The predicted octanol–water partition coefficient (Wildman–Crippen LogP) is 1.64. The fourth-order valence-corrected chi connectivity index (χ4v) is 1.93. The molecule has 2 aromatic rings. The van der Waals surface area contributed by atoms with Crippen molar-refractivity contribution in [3.8, 4) is 11.9 Å². The largest absolute Gasteiger partial charge is 0.480 e. The molecule has 0 saturated carbocycles. The van der Waals surface area contributed by atoms with Gasteiger partial charge in [0, 0.05) is 6.20 Å². The molecule has 6 nitrogen and oxygen atoms in total. The molecule has 0 amide bonds. The molecule has 2 rings (SSSR count). The fourth-order valence-electron chi connectivity index (χ4n) is 1.79. The lowest BCUT2D eigenvalue weighted by atomic mass is 10.1. The minimum Gasteiger partial charge on any atom is -0.480 e. The third-order valence-electron chi connectivity index (χ3n) is 2.83. The number of aryl methyl sites for hydroxylation is 1. The van der Waals surface area contributed by atoms with E-state index in [0.717, 1.165) is 5.56 Å². The van der Waals surface area contributed by atoms with Crippen molar-refractivity contribution in [3.05, 3.63) is 16.8 Å². The van der Waals surface area contributed by atoms with Crippen molar-refractivity contribution in [3.63, 3.8) is 0 Å². The van der Waals surface area contributed by atoms with Gasteiger partial charge in [-0.2, -0.15) is 10.4 Å². The summed E-state index contributed by atoms with van der Waals surface area (Å²) in [6.07, 6.45) is 1.56. The summed E-state index contributed by atoms with van der Waals surface area (Å²) >= 11 is 6.02. The maximum absolute atomic E-state index is 9.00. The van der Waals surface area contributed by atoms with Crippen LogP contribution < -0.4 is 10.5 Å². The van der Waals surface area contributed by atoms with Crippen LogP contribution in [-0.4, -0.2) is 27.4 Å². The van der Waals surface area contributed by atoms with E-state index in [9.17, 15) is 0 Å². The molecule has 0 radical (unpaired) electrons. The zero-order valence-corrected chi connectivity index (χ0v) is 11.7. The second kappa shape index (κ2) is 4.68. The number of pyridine rings is 1. The lowest BCUT2D eigenvalue weighted by Gasteiger charge is -2.16. The number of aromatic nitrogens is 3. The maximum Gasteiger partial charge on any atom is 0.238 e. The monoisotopic (exact) mass is 279 g/mol. The van der Waals surface area contributed by atoms with Crippen molar-refractivity contribution in [2.75, 3.05) is 7.11 Å². The summed E-state index contributed by atoms with van der Waals surface area (Å²) in [6.45, 7) is 3.70. The molecule has 2 aromatic heterocycles. The van der Waals surface area contributed by atoms with Crippen LogP contribution in [0.1, 0.15) is 12.5 Å². The summed E-state index contributed by atoms with van der Waals surface area (Å²) in [4.78, 5) is 4.22. The minimum atomic E-state index is -1.03. The van der Waals surface area contributed by atoms with Crippen LogP contribution >= 0.6 is 11.6 Å². The van der Waals surface area contributed by atoms with Gasteiger partial charge in [0.2, 0.25) is 5.88 Å². The molecule has 2 N–H and O–H groups in total. The van der Waals surface area contributed by atoms with Gasteiger partial charge >= 0.3 is 0 Å². The molecule has 100 valence electrons. The van der Waals surface area contributed by atoms with Crippen LogP contribution in [0.15, 0.2) is 6.20 Å². The Labute approximate surface area is 115 Å². The quantitative estimate of drug-likeness (QED) is 0.922. The van der Waals surface area contributed by atoms with Gasteiger partial charge in [-0.1, -0.05) is 11.6 Å². The summed E-state index contributed by atoms with van der Waals surface area (Å²) in [6, 6.07) is 2.03. The van der Waals surface area contributed by atoms with E-state index in [1.807, 2.05) is 13.0 Å². The molecule has 0 spiro atoms. The third kappa shape index (κ3) is 2.35. The number of halogens is 1. The van der Waals surface area contributed by atoms with Gasteiger partial charge in [0.05, 0.1) is 24.7 Å². The summed E-state index contributed by atoms with van der Waals surface area (Å²) in [5, 5.41) is 13.9. The molecule has 0 aliphatic carbocycles. The van der Waals surface area contributed by atoms with Crippen molar-refractivity contribution < 1.29 is 4.74 Å². The summed E-state index contributed by atoms with van der Waals surface area (Å²) in [7, 11) is 1.53. The Morgan fingerprint density at radius 1 is 1.58 bits per heavy atom. The number of hydrogen-bond acceptors (Lipinski definition) is 5. The van der Waals surface area contributed by atoms with E-state index in [1.54, 1.807) is 17.8 Å². The van der Waals surface area contributed by atoms with Crippen molar-refractivity contribution in [1.29, 1.82) is 5.26 Å². The molecule has 2 heterocycles. The minimum absolute atomic E-state index is 0.208. The zero-order chi connectivity index (χ0) is 14.2. The smallest absolute Gasteiger partial charge is 0.238 e. The maximum atomic E-state index is 9.00. The number of rotatable bonds is 3. The Morgan fingerprint density at radius 2 is 2.26 bits per heavy atom. The van der Waals surface area contributed by atoms with E-state index in [4.69, 9.17) is 27.3 Å². The van der Waals surface area contributed by atoms with Gasteiger partial charge in [0.25, 0.3) is 0 Å². The average Bonchev–Trinajstić information content (AvgIpc) is 2.71. The van der Waals surface area contributed by atoms with E-state index in [1.165, 1.54) is 7.11 Å². The molecule has 0 fully saturated rings. The van der Waals surface area contributed by atoms with E-state index in [2.05, 4.69) is 10.1 Å². The number of hydrogen-bond donors (Lipinski definition) is 1. The van der Waals surface area contributed by atoms with Crippen LogP contribution in [0, 0.1) is 18.3 Å². The van der Waals surface area contributed by atoms with E-state index >= 15 is 0 Å². The van der Waals surface area contributed by atoms with Gasteiger partial charge in [-0.3, -0.25) is 0 Å². The molecule has 1 atom stereocenters. The molecule has 0 aliphatic heterocycles. The molecular formula is C12H14ClN5O. The summed E-state index contributed by atoms with van der Waals surface area (Å²) in [5.41, 5.74) is 6.88. The first-order valence-electron chi connectivity index (χ1n) is 5.65. The molecule has 7 heteroatoms. The molecule has 1 unspecified atom stereocenters. The second-order valence-electron chi connectivity index (χ2n) is 4.62. The summed E-state index contributed by atoms with van der Waals surface area (Å²) in [5.74, 6) is 0.474. The molecule has 0 bridgehead atoms. The zero-order valence-electron chi connectivity index (χ0n) is 10.9. The number of ether oxygens (including phenoxy) is 1. The molecule has 0 aromatic carbocycles. The normalized spacial score (nSPS) is 14.1. The standard InChI is InChI=1S/C12H14ClN5O/c1-7-8(13)4-16-10-9(7)17-18(11(10)19-3)6-12(2,15)5-14/h4H,6,15H2,1-3H3. The molecule has 19 heavy (non-hydrogen) atoms. The third-order valence-corrected chi connectivity index (χ3v) is 3.21. The topological polar surface area (TPSA) is 89.8 Å². The van der Waals surface area contributed by atoms with Gasteiger partial charge < -0.3 is 10.5 Å². The van der Waals surface area contributed by atoms with Crippen molar-refractivity contribution in [2.45, 2.75) is 25.9 Å². The van der Waals surface area contributed by atoms with E-state index in [0.29, 0.717) is 21.9 Å². The van der Waals surface area contributed by atoms with Gasteiger partial charge in [-0.25, -0.2) is 9.67 Å². The highest BCUT2D eigenvalue weighted by Gasteiger charge is 2.24. The fraction of sp³-hybridized carbons (Fsp3) is 0.417. The number of nitriles is 1. The van der Waals surface area contributed by atoms with Crippen LogP contribution in [0.4, 0.5) is 0 Å². The first-order valence-corrected chi connectivity index (χ1v) is 6.03. The lowest BCUT2D eigenvalue weighted by Crippen LogP contribution is -2.39. The van der Waals surface area contributed by atoms with Gasteiger partial charge in [0.1, 0.15) is 11.1 Å². The number of nitrogens with two attached hydrogens (primary N) is 1. The molecule has 0 saturated heterocycles.